The van der Waals surface area contributed by atoms with Crippen molar-refractivity contribution >= 4 is 22.7 Å². The lowest BCUT2D eigenvalue weighted by Crippen LogP contribution is -2.19. The van der Waals surface area contributed by atoms with Gasteiger partial charge in [0.1, 0.15) is 11.4 Å². The Morgan fingerprint density at radius 1 is 1.00 bits per heavy atom. The molecule has 7 heteroatoms. The number of aliphatic hydroxyl groups is 1. The van der Waals surface area contributed by atoms with E-state index in [1.54, 1.807) is 12.4 Å². The minimum Gasteiger partial charge on any atom is -0.437 e. The summed E-state index contributed by atoms with van der Waals surface area (Å²) >= 11 is 0. The average molecular weight is 401 g/mol. The molecule has 2 aromatic carbocycles. The van der Waals surface area contributed by atoms with Crippen LogP contribution in [0.1, 0.15) is 37.3 Å². The molecule has 0 amide bonds. The number of hydrogen-bond acceptors (Lipinski definition) is 6. The molecule has 5 rings (SSSR count). The summed E-state index contributed by atoms with van der Waals surface area (Å²) in [7, 11) is 0. The fourth-order valence-corrected chi connectivity index (χ4v) is 3.97. The minimum atomic E-state index is -0.276. The van der Waals surface area contributed by atoms with Crippen LogP contribution >= 0.6 is 0 Å². The lowest BCUT2D eigenvalue weighted by Gasteiger charge is -2.26. The van der Waals surface area contributed by atoms with Gasteiger partial charge in [0.2, 0.25) is 11.8 Å². The summed E-state index contributed by atoms with van der Waals surface area (Å²) in [6, 6.07) is 15.6. The molecule has 3 N–H and O–H groups in total. The van der Waals surface area contributed by atoms with Gasteiger partial charge < -0.3 is 20.1 Å². The van der Waals surface area contributed by atoms with E-state index in [0.717, 1.165) is 41.7 Å². The van der Waals surface area contributed by atoms with E-state index < -0.39 is 0 Å². The number of ether oxygens (including phenoxy) is 1. The molecule has 1 aliphatic rings. The summed E-state index contributed by atoms with van der Waals surface area (Å²) in [5.41, 5.74) is 3.63. The number of para-hydroxylation sites is 2. The molecule has 0 bridgehead atoms. The van der Waals surface area contributed by atoms with Crippen LogP contribution in [0.5, 0.6) is 11.6 Å². The topological polar surface area (TPSA) is 96.0 Å². The van der Waals surface area contributed by atoms with Crippen molar-refractivity contribution in [1.29, 1.82) is 0 Å². The van der Waals surface area contributed by atoms with Crippen molar-refractivity contribution in [2.75, 3.05) is 5.32 Å². The highest BCUT2D eigenvalue weighted by Crippen LogP contribution is 2.36. The maximum absolute atomic E-state index is 10.0. The predicted molar refractivity (Wildman–Crippen MR) is 115 cm³/mol. The van der Waals surface area contributed by atoms with Crippen molar-refractivity contribution in [3.63, 3.8) is 0 Å². The smallest absolute Gasteiger partial charge is 0.241 e. The van der Waals surface area contributed by atoms with Crippen LogP contribution in [0.3, 0.4) is 0 Å². The van der Waals surface area contributed by atoms with Crippen LogP contribution < -0.4 is 10.1 Å². The minimum absolute atomic E-state index is 0.173. The van der Waals surface area contributed by atoms with Crippen molar-refractivity contribution in [2.24, 2.45) is 0 Å². The standard InChI is InChI=1S/C23H23N5O2/c29-17-5-3-4-15(14-17)21-22(25-13-12-24-21)30-18-10-8-16(9-11-18)26-23-27-19-6-1-2-7-20(19)28-23/h1-2,6-13,15,17,29H,3-5,14H2,(H2,26,27,28). The van der Waals surface area contributed by atoms with E-state index >= 15 is 0 Å². The monoisotopic (exact) mass is 401 g/mol. The first-order chi connectivity index (χ1) is 14.7. The average Bonchev–Trinajstić information content (AvgIpc) is 3.18. The van der Waals surface area contributed by atoms with Gasteiger partial charge in [-0.25, -0.2) is 9.97 Å². The van der Waals surface area contributed by atoms with Gasteiger partial charge in [0.05, 0.1) is 17.1 Å². The Hall–Kier alpha value is -3.45. The Balaban J connectivity index is 1.30. The first kappa shape index (κ1) is 18.6. The van der Waals surface area contributed by atoms with Crippen LogP contribution in [-0.4, -0.2) is 31.1 Å². The summed E-state index contributed by atoms with van der Waals surface area (Å²) in [6.07, 6.45) is 6.58. The number of nitrogens with zero attached hydrogens (tertiary/aromatic N) is 3. The van der Waals surface area contributed by atoms with Gasteiger partial charge in [0, 0.05) is 24.0 Å². The number of benzene rings is 2. The summed E-state index contributed by atoms with van der Waals surface area (Å²) in [4.78, 5) is 16.7. The number of H-pyrrole nitrogens is 1. The van der Waals surface area contributed by atoms with Crippen molar-refractivity contribution in [1.82, 2.24) is 19.9 Å². The Bertz CT molecular complexity index is 1110. The lowest BCUT2D eigenvalue weighted by atomic mass is 9.85. The molecule has 2 unspecified atom stereocenters. The van der Waals surface area contributed by atoms with Crippen molar-refractivity contribution < 1.29 is 9.84 Å². The molecule has 1 fully saturated rings. The molecule has 1 aliphatic carbocycles. The molecule has 1 saturated carbocycles. The fraction of sp³-hybridized carbons (Fsp3) is 0.261. The Morgan fingerprint density at radius 3 is 2.67 bits per heavy atom. The maximum Gasteiger partial charge on any atom is 0.241 e. The SMILES string of the molecule is OC1CCCC(c2nccnc2Oc2ccc(Nc3nc4ccccc4[nH]3)cc2)C1. The van der Waals surface area contributed by atoms with E-state index in [4.69, 9.17) is 4.74 Å². The summed E-state index contributed by atoms with van der Waals surface area (Å²) in [5, 5.41) is 13.3. The number of hydrogen-bond donors (Lipinski definition) is 3. The maximum atomic E-state index is 10.0. The van der Waals surface area contributed by atoms with Crippen molar-refractivity contribution in [3.05, 3.63) is 66.6 Å². The first-order valence-corrected chi connectivity index (χ1v) is 10.2. The summed E-state index contributed by atoms with van der Waals surface area (Å²) < 4.78 is 6.04. The number of anilines is 2. The van der Waals surface area contributed by atoms with Crippen LogP contribution in [0, 0.1) is 0 Å². The van der Waals surface area contributed by atoms with Crippen LogP contribution in [0.4, 0.5) is 11.6 Å². The lowest BCUT2D eigenvalue weighted by molar-refractivity contribution is 0.118. The fourth-order valence-electron chi connectivity index (χ4n) is 3.97. The van der Waals surface area contributed by atoms with Gasteiger partial charge in [-0.1, -0.05) is 18.6 Å². The molecular formula is C23H23N5O2. The number of fused-ring (bicyclic) bond motifs is 1. The van der Waals surface area contributed by atoms with E-state index in [9.17, 15) is 5.11 Å². The summed E-state index contributed by atoms with van der Waals surface area (Å²) in [6.45, 7) is 0. The van der Waals surface area contributed by atoms with Crippen LogP contribution in [0.25, 0.3) is 11.0 Å². The second kappa shape index (κ2) is 8.12. The van der Waals surface area contributed by atoms with Crippen LogP contribution in [0.15, 0.2) is 60.9 Å². The molecule has 0 aliphatic heterocycles. The third kappa shape index (κ3) is 3.97. The third-order valence-corrected chi connectivity index (χ3v) is 5.45. The number of rotatable bonds is 5. The van der Waals surface area contributed by atoms with Crippen molar-refractivity contribution in [3.8, 4) is 11.6 Å². The summed E-state index contributed by atoms with van der Waals surface area (Å²) in [5.74, 6) is 2.06. The molecule has 152 valence electrons. The quantitative estimate of drug-likeness (QED) is 0.440. The highest BCUT2D eigenvalue weighted by molar-refractivity contribution is 5.78. The molecule has 0 spiro atoms. The highest BCUT2D eigenvalue weighted by atomic mass is 16.5. The molecule has 0 radical (unpaired) electrons. The number of nitrogens with one attached hydrogen (secondary N) is 2. The van der Waals surface area contributed by atoms with E-state index in [1.165, 1.54) is 0 Å². The normalized spacial score (nSPS) is 19.0. The third-order valence-electron chi connectivity index (χ3n) is 5.45. The van der Waals surface area contributed by atoms with Crippen LogP contribution in [0.2, 0.25) is 0 Å². The van der Waals surface area contributed by atoms with Gasteiger partial charge in [-0.15, -0.1) is 0 Å². The van der Waals surface area contributed by atoms with E-state index in [1.807, 2.05) is 48.5 Å². The van der Waals surface area contributed by atoms with E-state index in [0.29, 0.717) is 24.0 Å². The number of aromatic nitrogens is 4. The highest BCUT2D eigenvalue weighted by Gasteiger charge is 2.26. The molecule has 30 heavy (non-hydrogen) atoms. The molecule has 2 atom stereocenters. The second-order valence-corrected chi connectivity index (χ2v) is 7.62. The van der Waals surface area contributed by atoms with E-state index in [-0.39, 0.29) is 12.0 Å². The zero-order valence-electron chi connectivity index (χ0n) is 16.5. The first-order valence-electron chi connectivity index (χ1n) is 10.2. The molecule has 0 saturated heterocycles. The van der Waals surface area contributed by atoms with Gasteiger partial charge in [-0.2, -0.15) is 0 Å². The van der Waals surface area contributed by atoms with Gasteiger partial charge in [0.15, 0.2) is 0 Å². The zero-order chi connectivity index (χ0) is 20.3. The van der Waals surface area contributed by atoms with Crippen molar-refractivity contribution in [2.45, 2.75) is 37.7 Å². The van der Waals surface area contributed by atoms with E-state index in [2.05, 4.69) is 25.3 Å². The Labute approximate surface area is 174 Å². The Morgan fingerprint density at radius 2 is 1.83 bits per heavy atom. The molecule has 2 heterocycles. The largest absolute Gasteiger partial charge is 0.437 e. The molecule has 7 nitrogen and oxygen atoms in total. The zero-order valence-corrected chi connectivity index (χ0v) is 16.5. The number of aromatic amines is 1. The Kier molecular flexibility index (Phi) is 5.03. The van der Waals surface area contributed by atoms with Gasteiger partial charge >= 0.3 is 0 Å². The molecule has 2 aromatic heterocycles. The predicted octanol–water partition coefficient (Wildman–Crippen LogP) is 4.91. The molecular weight excluding hydrogens is 378 g/mol. The van der Waals surface area contributed by atoms with Crippen LogP contribution in [-0.2, 0) is 0 Å². The van der Waals surface area contributed by atoms with Gasteiger partial charge in [0.25, 0.3) is 0 Å². The van der Waals surface area contributed by atoms with Gasteiger partial charge in [-0.05, 0) is 55.7 Å². The van der Waals surface area contributed by atoms with Gasteiger partial charge in [-0.3, -0.25) is 4.98 Å². The number of aliphatic hydroxyl groups excluding tert-OH is 1. The second-order valence-electron chi connectivity index (χ2n) is 7.62. The number of imidazole rings is 1. The molecule has 4 aromatic rings.